The maximum Gasteiger partial charge on any atom is 0.0947 e. The van der Waals surface area contributed by atoms with Crippen LogP contribution in [0.15, 0.2) is 24.3 Å². The summed E-state index contributed by atoms with van der Waals surface area (Å²) in [5.74, 6) is 0.779. The number of carbonyl (C=O) groups excluding carboxylic acids is 1. The van der Waals surface area contributed by atoms with Gasteiger partial charge < -0.3 is 15.3 Å². The molecule has 0 heterocycles. The summed E-state index contributed by atoms with van der Waals surface area (Å²) in [6, 6.07) is 6.90. The van der Waals surface area contributed by atoms with E-state index in [4.69, 9.17) is 10.5 Å². The van der Waals surface area contributed by atoms with Crippen molar-refractivity contribution in [1.29, 1.82) is 0 Å². The summed E-state index contributed by atoms with van der Waals surface area (Å²) in [5.41, 5.74) is 5.89. The van der Waals surface area contributed by atoms with Crippen LogP contribution in [0.4, 0.5) is 0 Å². The molecule has 0 radical (unpaired) electrons. The van der Waals surface area contributed by atoms with E-state index in [1.165, 1.54) is 0 Å². The Balaban J connectivity index is 0.00000196. The molecule has 0 fully saturated rings. The Bertz CT molecular complexity index is 274. The van der Waals surface area contributed by atoms with Crippen LogP contribution in [0.25, 0.3) is 0 Å². The molecule has 4 heteroatoms. The topological polar surface area (TPSA) is 52.3 Å². The molecule has 15 heavy (non-hydrogen) atoms. The van der Waals surface area contributed by atoms with Crippen LogP contribution in [-0.2, 0) is 25.9 Å². The van der Waals surface area contributed by atoms with Gasteiger partial charge in [0.05, 0.1) is 18.6 Å². The fourth-order valence-corrected chi connectivity index (χ4v) is 1.06. The van der Waals surface area contributed by atoms with Crippen molar-refractivity contribution in [3.8, 4) is 5.75 Å². The molecular formula is C11H14MoNO2-. The standard InChI is InChI=1S/C11H14NO2.Mo/c12-7-1-2-8-14-11-5-3-10(9-13)4-6-11;/h3-6H,1-2,7-8,12H2;/q-1;. The van der Waals surface area contributed by atoms with E-state index in [0.29, 0.717) is 18.7 Å². The Hall–Kier alpha value is -0.662. The van der Waals surface area contributed by atoms with Crippen LogP contribution >= 0.6 is 0 Å². The van der Waals surface area contributed by atoms with Crippen LogP contribution < -0.4 is 10.5 Å². The Morgan fingerprint density at radius 1 is 1.20 bits per heavy atom. The van der Waals surface area contributed by atoms with Crippen molar-refractivity contribution in [1.82, 2.24) is 0 Å². The molecule has 1 aromatic carbocycles. The second-order valence-corrected chi connectivity index (χ2v) is 2.97. The summed E-state index contributed by atoms with van der Waals surface area (Å²) in [7, 11) is 0. The van der Waals surface area contributed by atoms with Crippen molar-refractivity contribution in [2.45, 2.75) is 12.8 Å². The number of unbranched alkanes of at least 4 members (excludes halogenated alkanes) is 1. The fraction of sp³-hybridized carbons (Fsp3) is 0.364. The van der Waals surface area contributed by atoms with E-state index >= 15 is 0 Å². The quantitative estimate of drug-likeness (QED) is 0.487. The van der Waals surface area contributed by atoms with Crippen LogP contribution in [0, 0.1) is 0 Å². The van der Waals surface area contributed by atoms with Gasteiger partial charge in [-0.1, -0.05) is 12.1 Å². The first-order valence-electron chi connectivity index (χ1n) is 4.68. The van der Waals surface area contributed by atoms with Gasteiger partial charge in [0.2, 0.25) is 0 Å². The molecule has 0 atom stereocenters. The first-order valence-corrected chi connectivity index (χ1v) is 4.68. The van der Waals surface area contributed by atoms with Crippen molar-refractivity contribution in [3.05, 3.63) is 29.8 Å². The van der Waals surface area contributed by atoms with Gasteiger partial charge in [0.25, 0.3) is 0 Å². The van der Waals surface area contributed by atoms with Crippen LogP contribution in [0.5, 0.6) is 5.75 Å². The van der Waals surface area contributed by atoms with Crippen LogP contribution in [0.1, 0.15) is 18.4 Å². The van der Waals surface area contributed by atoms with Crippen molar-refractivity contribution >= 4 is 6.29 Å². The summed E-state index contributed by atoms with van der Waals surface area (Å²) in [6.07, 6.45) is 3.74. The van der Waals surface area contributed by atoms with Crippen molar-refractivity contribution < 1.29 is 30.6 Å². The zero-order valence-corrected chi connectivity index (χ0v) is 10.4. The molecule has 0 bridgehead atoms. The van der Waals surface area contributed by atoms with Gasteiger partial charge in [0.15, 0.2) is 0 Å². The summed E-state index contributed by atoms with van der Waals surface area (Å²) in [6.45, 7) is 1.36. The summed E-state index contributed by atoms with van der Waals surface area (Å²) >= 11 is 0. The third-order valence-corrected chi connectivity index (χ3v) is 1.84. The van der Waals surface area contributed by atoms with Gasteiger partial charge in [-0.05, 0) is 19.4 Å². The number of hydrogen-bond donors (Lipinski definition) is 1. The van der Waals surface area contributed by atoms with Crippen molar-refractivity contribution in [3.63, 3.8) is 0 Å². The van der Waals surface area contributed by atoms with Crippen LogP contribution in [-0.4, -0.2) is 19.4 Å². The Morgan fingerprint density at radius 3 is 2.40 bits per heavy atom. The van der Waals surface area contributed by atoms with E-state index in [2.05, 4.69) is 0 Å². The molecule has 0 saturated heterocycles. The molecule has 1 rings (SSSR count). The average Bonchev–Trinajstić information content (AvgIpc) is 2.25. The molecule has 2 N–H and O–H groups in total. The van der Waals surface area contributed by atoms with E-state index < -0.39 is 0 Å². The summed E-state index contributed by atoms with van der Waals surface area (Å²) in [4.78, 5) is 10.2. The van der Waals surface area contributed by atoms with E-state index in [-0.39, 0.29) is 21.1 Å². The minimum Gasteiger partial charge on any atom is -0.496 e. The molecule has 0 aliphatic rings. The second-order valence-electron chi connectivity index (χ2n) is 2.97. The molecule has 3 nitrogen and oxygen atoms in total. The van der Waals surface area contributed by atoms with E-state index in [0.717, 1.165) is 18.6 Å². The van der Waals surface area contributed by atoms with E-state index in [1.807, 2.05) is 6.29 Å². The van der Waals surface area contributed by atoms with E-state index in [1.54, 1.807) is 24.3 Å². The third kappa shape index (κ3) is 5.70. The molecule has 0 spiro atoms. The molecule has 82 valence electrons. The van der Waals surface area contributed by atoms with Crippen LogP contribution in [0.2, 0.25) is 0 Å². The van der Waals surface area contributed by atoms with E-state index in [9.17, 15) is 4.79 Å². The Morgan fingerprint density at radius 2 is 1.87 bits per heavy atom. The predicted molar refractivity (Wildman–Crippen MR) is 55.0 cm³/mol. The fourth-order valence-electron chi connectivity index (χ4n) is 1.06. The second kappa shape index (κ2) is 8.63. The molecule has 0 unspecified atom stereocenters. The zero-order valence-electron chi connectivity index (χ0n) is 8.44. The average molecular weight is 288 g/mol. The number of nitrogens with two attached hydrogens (primary N) is 1. The van der Waals surface area contributed by atoms with Gasteiger partial charge in [-0.25, -0.2) is 0 Å². The number of rotatable bonds is 6. The minimum absolute atomic E-state index is 0. The molecule has 0 aliphatic carbocycles. The summed E-state index contributed by atoms with van der Waals surface area (Å²) < 4.78 is 5.42. The van der Waals surface area contributed by atoms with Crippen LogP contribution in [0.3, 0.4) is 0 Å². The normalized spacial score (nSPS) is 9.13. The first kappa shape index (κ1) is 14.3. The van der Waals surface area contributed by atoms with Gasteiger partial charge in [0.1, 0.15) is 0 Å². The first-order chi connectivity index (χ1) is 6.86. The third-order valence-electron chi connectivity index (χ3n) is 1.84. The molecule has 0 amide bonds. The smallest absolute Gasteiger partial charge is 0.0947 e. The Kier molecular flexibility index (Phi) is 8.25. The molecule has 0 aromatic heterocycles. The largest absolute Gasteiger partial charge is 0.496 e. The van der Waals surface area contributed by atoms with Crippen molar-refractivity contribution in [2.24, 2.45) is 5.73 Å². The van der Waals surface area contributed by atoms with Gasteiger partial charge in [-0.2, -0.15) is 17.7 Å². The zero-order chi connectivity index (χ0) is 10.2. The summed E-state index contributed by atoms with van der Waals surface area (Å²) in [5, 5.41) is 0. The maximum atomic E-state index is 10.2. The Labute approximate surface area is 104 Å². The minimum atomic E-state index is 0. The van der Waals surface area contributed by atoms with Gasteiger partial charge in [-0.15, -0.1) is 0 Å². The molecule has 0 saturated carbocycles. The predicted octanol–water partition coefficient (Wildman–Crippen LogP) is 1.26. The number of hydrogen-bond acceptors (Lipinski definition) is 3. The van der Waals surface area contributed by atoms with Gasteiger partial charge in [0, 0.05) is 21.1 Å². The SMILES string of the molecule is NCCCCOc1ccc([C-]=O)cc1.[Mo]. The van der Waals surface area contributed by atoms with Gasteiger partial charge in [-0.3, -0.25) is 0 Å². The molecule has 0 aliphatic heterocycles. The van der Waals surface area contributed by atoms with Crippen molar-refractivity contribution in [2.75, 3.05) is 13.2 Å². The number of benzene rings is 1. The number of ether oxygens (including phenoxy) is 1. The molecular weight excluding hydrogens is 274 g/mol. The van der Waals surface area contributed by atoms with Gasteiger partial charge >= 0.3 is 0 Å². The maximum absolute atomic E-state index is 10.2. The molecule has 1 aromatic rings. The monoisotopic (exact) mass is 290 g/mol.